The van der Waals surface area contributed by atoms with Crippen LogP contribution < -0.4 is 10.0 Å². The van der Waals surface area contributed by atoms with Crippen molar-refractivity contribution in [3.8, 4) is 0 Å². The van der Waals surface area contributed by atoms with Crippen molar-refractivity contribution in [2.75, 3.05) is 0 Å². The van der Waals surface area contributed by atoms with Crippen molar-refractivity contribution in [1.29, 1.82) is 0 Å². The summed E-state index contributed by atoms with van der Waals surface area (Å²) >= 11 is 0. The Bertz CT molecular complexity index is 579. The molecule has 4 nitrogen and oxygen atoms in total. The van der Waals surface area contributed by atoms with E-state index in [9.17, 15) is 8.42 Å². The maximum atomic E-state index is 12.3. The molecule has 5 heteroatoms. The third kappa shape index (κ3) is 2.99. The fourth-order valence-electron chi connectivity index (χ4n) is 2.67. The van der Waals surface area contributed by atoms with Crippen LogP contribution in [0.25, 0.3) is 0 Å². The first-order valence-electron chi connectivity index (χ1n) is 6.89. The smallest absolute Gasteiger partial charge is 0.240 e. The fourth-order valence-corrected chi connectivity index (χ4v) is 3.98. The lowest BCUT2D eigenvalue weighted by molar-refractivity contribution is 0.530. The molecule has 104 valence electrons. The lowest BCUT2D eigenvalue weighted by Gasteiger charge is -2.14. The van der Waals surface area contributed by atoms with Crippen LogP contribution in [0.5, 0.6) is 0 Å². The first-order valence-corrected chi connectivity index (χ1v) is 8.38. The summed E-state index contributed by atoms with van der Waals surface area (Å²) in [4.78, 5) is 0.387. The Labute approximate surface area is 114 Å². The highest BCUT2D eigenvalue weighted by Crippen LogP contribution is 2.33. The van der Waals surface area contributed by atoms with E-state index in [0.717, 1.165) is 31.0 Å². The number of nitrogens with one attached hydrogen (secondary N) is 2. The first-order chi connectivity index (χ1) is 9.04. The SMILES string of the molecule is CC(CC1CC1)NS(=O)(=O)c1ccc2c(c1)CNC2. The lowest BCUT2D eigenvalue weighted by atomic mass is 10.1. The van der Waals surface area contributed by atoms with Crippen LogP contribution in [0.15, 0.2) is 23.1 Å². The molecular formula is C14H20N2O2S. The highest BCUT2D eigenvalue weighted by atomic mass is 32.2. The molecule has 1 heterocycles. The van der Waals surface area contributed by atoms with E-state index in [1.54, 1.807) is 12.1 Å². The minimum absolute atomic E-state index is 0.0175. The fraction of sp³-hybridized carbons (Fsp3) is 0.571. The van der Waals surface area contributed by atoms with Gasteiger partial charge in [0.2, 0.25) is 10.0 Å². The van der Waals surface area contributed by atoms with Gasteiger partial charge in [-0.2, -0.15) is 0 Å². The number of benzene rings is 1. The zero-order valence-electron chi connectivity index (χ0n) is 11.1. The van der Waals surface area contributed by atoms with E-state index in [0.29, 0.717) is 4.90 Å². The topological polar surface area (TPSA) is 58.2 Å². The molecule has 0 spiro atoms. The molecule has 0 bridgehead atoms. The zero-order valence-corrected chi connectivity index (χ0v) is 12.0. The Kier molecular flexibility index (Phi) is 3.37. The minimum atomic E-state index is -3.38. The third-order valence-corrected chi connectivity index (χ3v) is 5.45. The molecule has 1 saturated carbocycles. The standard InChI is InChI=1S/C14H20N2O2S/c1-10(6-11-2-3-11)16-19(17,18)14-5-4-12-8-15-9-13(12)7-14/h4-5,7,10-11,15-16H,2-3,6,8-9H2,1H3. The van der Waals surface area contributed by atoms with Gasteiger partial charge in [0, 0.05) is 19.1 Å². The second-order valence-electron chi connectivity index (χ2n) is 5.74. The van der Waals surface area contributed by atoms with Gasteiger partial charge in [-0.15, -0.1) is 0 Å². The predicted molar refractivity (Wildman–Crippen MR) is 74.1 cm³/mol. The molecule has 1 fully saturated rings. The molecule has 1 atom stereocenters. The second kappa shape index (κ2) is 4.89. The number of hydrogen-bond donors (Lipinski definition) is 2. The lowest BCUT2D eigenvalue weighted by Crippen LogP contribution is -2.33. The zero-order chi connectivity index (χ0) is 13.5. The van der Waals surface area contributed by atoms with E-state index < -0.39 is 10.0 Å². The molecule has 2 aliphatic rings. The molecule has 1 aromatic carbocycles. The van der Waals surface area contributed by atoms with Crippen LogP contribution in [-0.2, 0) is 23.1 Å². The molecule has 1 unspecified atom stereocenters. The molecular weight excluding hydrogens is 260 g/mol. The Morgan fingerprint density at radius 2 is 2.05 bits per heavy atom. The number of fused-ring (bicyclic) bond motifs is 1. The van der Waals surface area contributed by atoms with E-state index in [2.05, 4.69) is 10.0 Å². The molecule has 2 N–H and O–H groups in total. The van der Waals surface area contributed by atoms with Gasteiger partial charge in [0.25, 0.3) is 0 Å². The summed E-state index contributed by atoms with van der Waals surface area (Å²) in [6.45, 7) is 3.54. The molecule has 0 amide bonds. The summed E-state index contributed by atoms with van der Waals surface area (Å²) in [5, 5.41) is 3.23. The number of hydrogen-bond acceptors (Lipinski definition) is 3. The van der Waals surface area contributed by atoms with Crippen LogP contribution in [-0.4, -0.2) is 14.5 Å². The molecule has 1 aliphatic carbocycles. The van der Waals surface area contributed by atoms with E-state index in [-0.39, 0.29) is 6.04 Å². The third-order valence-electron chi connectivity index (χ3n) is 3.86. The molecule has 3 rings (SSSR count). The Hall–Kier alpha value is -0.910. The van der Waals surface area contributed by atoms with Crippen LogP contribution in [0, 0.1) is 5.92 Å². The van der Waals surface area contributed by atoms with E-state index in [4.69, 9.17) is 0 Å². The first kappa shape index (κ1) is 13.1. The average Bonchev–Trinajstić information content (AvgIpc) is 3.03. The highest BCUT2D eigenvalue weighted by Gasteiger charge is 2.26. The second-order valence-corrected chi connectivity index (χ2v) is 7.45. The van der Waals surface area contributed by atoms with Gasteiger partial charge in [-0.05, 0) is 42.5 Å². The van der Waals surface area contributed by atoms with Gasteiger partial charge >= 0.3 is 0 Å². The van der Waals surface area contributed by atoms with Crippen molar-refractivity contribution in [2.24, 2.45) is 5.92 Å². The maximum Gasteiger partial charge on any atom is 0.240 e. The Morgan fingerprint density at radius 3 is 2.79 bits per heavy atom. The van der Waals surface area contributed by atoms with Crippen LogP contribution >= 0.6 is 0 Å². The summed E-state index contributed by atoms with van der Waals surface area (Å²) in [5.74, 6) is 0.724. The van der Waals surface area contributed by atoms with Gasteiger partial charge in [0.15, 0.2) is 0 Å². The van der Waals surface area contributed by atoms with Crippen molar-refractivity contribution >= 4 is 10.0 Å². The molecule has 1 aliphatic heterocycles. The molecule has 0 saturated heterocycles. The van der Waals surface area contributed by atoms with E-state index in [1.165, 1.54) is 18.4 Å². The van der Waals surface area contributed by atoms with Crippen molar-refractivity contribution in [3.05, 3.63) is 29.3 Å². The van der Waals surface area contributed by atoms with Crippen LogP contribution in [0.4, 0.5) is 0 Å². The van der Waals surface area contributed by atoms with Crippen LogP contribution in [0.2, 0.25) is 0 Å². The Morgan fingerprint density at radius 1 is 1.32 bits per heavy atom. The normalized spacial score (nSPS) is 20.3. The minimum Gasteiger partial charge on any atom is -0.309 e. The summed E-state index contributed by atoms with van der Waals surface area (Å²) < 4.78 is 27.4. The summed E-state index contributed by atoms with van der Waals surface area (Å²) in [5.41, 5.74) is 2.29. The van der Waals surface area contributed by atoms with Gasteiger partial charge in [0.1, 0.15) is 0 Å². The van der Waals surface area contributed by atoms with E-state index >= 15 is 0 Å². The molecule has 1 aromatic rings. The summed E-state index contributed by atoms with van der Waals surface area (Å²) in [7, 11) is -3.38. The van der Waals surface area contributed by atoms with Crippen LogP contribution in [0.1, 0.15) is 37.3 Å². The van der Waals surface area contributed by atoms with Gasteiger partial charge in [0.05, 0.1) is 4.90 Å². The number of rotatable bonds is 5. The molecule has 0 radical (unpaired) electrons. The van der Waals surface area contributed by atoms with Crippen LogP contribution in [0.3, 0.4) is 0 Å². The highest BCUT2D eigenvalue weighted by molar-refractivity contribution is 7.89. The molecule has 19 heavy (non-hydrogen) atoms. The average molecular weight is 280 g/mol. The summed E-state index contributed by atoms with van der Waals surface area (Å²) in [6.07, 6.45) is 3.44. The van der Waals surface area contributed by atoms with Crippen molar-refractivity contribution < 1.29 is 8.42 Å². The van der Waals surface area contributed by atoms with Crippen molar-refractivity contribution in [2.45, 2.75) is 50.2 Å². The van der Waals surface area contributed by atoms with E-state index in [1.807, 2.05) is 13.0 Å². The van der Waals surface area contributed by atoms with Crippen molar-refractivity contribution in [1.82, 2.24) is 10.0 Å². The quantitative estimate of drug-likeness (QED) is 0.864. The predicted octanol–water partition coefficient (Wildman–Crippen LogP) is 1.76. The Balaban J connectivity index is 1.75. The summed E-state index contributed by atoms with van der Waals surface area (Å²) in [6, 6.07) is 5.43. The number of sulfonamides is 1. The largest absolute Gasteiger partial charge is 0.309 e. The maximum absolute atomic E-state index is 12.3. The van der Waals surface area contributed by atoms with Gasteiger partial charge in [-0.3, -0.25) is 0 Å². The van der Waals surface area contributed by atoms with Gasteiger partial charge < -0.3 is 5.32 Å². The van der Waals surface area contributed by atoms with Gasteiger partial charge in [-0.1, -0.05) is 18.9 Å². The monoisotopic (exact) mass is 280 g/mol. The molecule has 0 aromatic heterocycles. The van der Waals surface area contributed by atoms with Crippen molar-refractivity contribution in [3.63, 3.8) is 0 Å². The van der Waals surface area contributed by atoms with Gasteiger partial charge in [-0.25, -0.2) is 13.1 Å².